The van der Waals surface area contributed by atoms with Crippen molar-refractivity contribution in [2.75, 3.05) is 11.9 Å². The topological polar surface area (TPSA) is 45.2 Å². The van der Waals surface area contributed by atoms with Crippen molar-refractivity contribution in [3.05, 3.63) is 45.9 Å². The minimum Gasteiger partial charge on any atom is -0.396 e. The van der Waals surface area contributed by atoms with Crippen molar-refractivity contribution in [1.29, 1.82) is 0 Å². The van der Waals surface area contributed by atoms with Gasteiger partial charge in [-0.1, -0.05) is 12.1 Å². The minimum absolute atomic E-state index is 0.246. The molecule has 2 rings (SSSR count). The van der Waals surface area contributed by atoms with Crippen molar-refractivity contribution in [1.82, 2.24) is 4.98 Å². The summed E-state index contributed by atoms with van der Waals surface area (Å²) in [5.74, 6) is 0. The summed E-state index contributed by atoms with van der Waals surface area (Å²) in [7, 11) is 0. The Kier molecular flexibility index (Phi) is 4.73. The van der Waals surface area contributed by atoms with Crippen LogP contribution in [0.1, 0.15) is 22.7 Å². The van der Waals surface area contributed by atoms with Crippen molar-refractivity contribution >= 4 is 17.0 Å². The predicted octanol–water partition coefficient (Wildman–Crippen LogP) is 2.99. The number of hydrogen-bond donors (Lipinski definition) is 2. The Bertz CT molecular complexity index is 496. The molecule has 4 heteroatoms. The van der Waals surface area contributed by atoms with Crippen molar-refractivity contribution in [3.8, 4) is 0 Å². The van der Waals surface area contributed by atoms with Gasteiger partial charge in [0.2, 0.25) is 0 Å². The minimum atomic E-state index is 0.246. The maximum atomic E-state index is 8.83. The largest absolute Gasteiger partial charge is 0.396 e. The lowest BCUT2D eigenvalue weighted by Crippen LogP contribution is -2.00. The van der Waals surface area contributed by atoms with E-state index in [9.17, 15) is 0 Å². The standard InChI is InChI=1S/C14H18N2OS/c1-11-16-14(10-18-11)9-15-13-6-2-4-12(8-13)5-3-7-17/h2,4,6,8,10,15,17H,3,5,7,9H2,1H3. The lowest BCUT2D eigenvalue weighted by molar-refractivity contribution is 0.288. The number of thiazole rings is 1. The molecule has 0 unspecified atom stereocenters. The van der Waals surface area contributed by atoms with Crippen LogP contribution in [0.15, 0.2) is 29.6 Å². The van der Waals surface area contributed by atoms with Gasteiger partial charge in [0.05, 0.1) is 17.2 Å². The van der Waals surface area contributed by atoms with Gasteiger partial charge in [-0.15, -0.1) is 11.3 Å². The zero-order valence-corrected chi connectivity index (χ0v) is 11.3. The van der Waals surface area contributed by atoms with Gasteiger partial charge in [0, 0.05) is 17.7 Å². The molecule has 18 heavy (non-hydrogen) atoms. The van der Waals surface area contributed by atoms with E-state index in [0.29, 0.717) is 0 Å². The lowest BCUT2D eigenvalue weighted by Gasteiger charge is -2.07. The molecule has 2 aromatic rings. The summed E-state index contributed by atoms with van der Waals surface area (Å²) in [5.41, 5.74) is 3.44. The molecule has 0 aliphatic carbocycles. The predicted molar refractivity (Wildman–Crippen MR) is 76.0 cm³/mol. The molecule has 3 nitrogen and oxygen atoms in total. The number of nitrogens with one attached hydrogen (secondary N) is 1. The van der Waals surface area contributed by atoms with Gasteiger partial charge in [0.15, 0.2) is 0 Å². The Morgan fingerprint density at radius 3 is 3.00 bits per heavy atom. The second kappa shape index (κ2) is 6.52. The first kappa shape index (κ1) is 13.1. The number of hydrogen-bond acceptors (Lipinski definition) is 4. The van der Waals surface area contributed by atoms with Crippen LogP contribution in [0.2, 0.25) is 0 Å². The zero-order chi connectivity index (χ0) is 12.8. The molecular weight excluding hydrogens is 244 g/mol. The second-order valence-corrected chi connectivity index (χ2v) is 5.30. The van der Waals surface area contributed by atoms with Crippen LogP contribution in [0.3, 0.4) is 0 Å². The molecular formula is C14H18N2OS. The summed E-state index contributed by atoms with van der Waals surface area (Å²) in [4.78, 5) is 4.42. The quantitative estimate of drug-likeness (QED) is 0.841. The van der Waals surface area contributed by atoms with E-state index < -0.39 is 0 Å². The first-order valence-electron chi connectivity index (χ1n) is 6.12. The Labute approximate surface area is 112 Å². The molecule has 0 spiro atoms. The number of nitrogens with zero attached hydrogens (tertiary/aromatic N) is 1. The molecule has 0 atom stereocenters. The van der Waals surface area contributed by atoms with Gasteiger partial charge in [-0.3, -0.25) is 0 Å². The fraction of sp³-hybridized carbons (Fsp3) is 0.357. The van der Waals surface area contributed by atoms with Crippen LogP contribution in [0.25, 0.3) is 0 Å². The highest BCUT2D eigenvalue weighted by atomic mass is 32.1. The number of benzene rings is 1. The van der Waals surface area contributed by atoms with Crippen LogP contribution in [-0.4, -0.2) is 16.7 Å². The average Bonchev–Trinajstić information content (AvgIpc) is 2.80. The lowest BCUT2D eigenvalue weighted by atomic mass is 10.1. The van der Waals surface area contributed by atoms with E-state index in [-0.39, 0.29) is 6.61 Å². The molecule has 96 valence electrons. The van der Waals surface area contributed by atoms with Crippen molar-refractivity contribution in [2.24, 2.45) is 0 Å². The van der Waals surface area contributed by atoms with Crippen LogP contribution in [-0.2, 0) is 13.0 Å². The number of rotatable bonds is 6. The number of aliphatic hydroxyl groups excluding tert-OH is 1. The van der Waals surface area contributed by atoms with Gasteiger partial charge < -0.3 is 10.4 Å². The average molecular weight is 262 g/mol. The number of anilines is 1. The first-order chi connectivity index (χ1) is 8.78. The zero-order valence-electron chi connectivity index (χ0n) is 10.5. The van der Waals surface area contributed by atoms with Crippen molar-refractivity contribution in [2.45, 2.75) is 26.3 Å². The van der Waals surface area contributed by atoms with Crippen LogP contribution < -0.4 is 5.32 Å². The van der Waals surface area contributed by atoms with Gasteiger partial charge in [-0.2, -0.15) is 0 Å². The van der Waals surface area contributed by atoms with Gasteiger partial charge >= 0.3 is 0 Å². The fourth-order valence-corrected chi connectivity index (χ4v) is 2.41. The molecule has 0 bridgehead atoms. The van der Waals surface area contributed by atoms with Crippen LogP contribution in [0.4, 0.5) is 5.69 Å². The molecule has 0 saturated carbocycles. The molecule has 0 fully saturated rings. The molecule has 0 aliphatic heterocycles. The normalized spacial score (nSPS) is 10.6. The smallest absolute Gasteiger partial charge is 0.0898 e. The fourth-order valence-electron chi connectivity index (χ4n) is 1.80. The summed E-state index contributed by atoms with van der Waals surface area (Å²) in [6.45, 7) is 3.02. The maximum absolute atomic E-state index is 8.83. The van der Waals surface area contributed by atoms with E-state index >= 15 is 0 Å². The van der Waals surface area contributed by atoms with E-state index in [0.717, 1.165) is 35.8 Å². The summed E-state index contributed by atoms with van der Waals surface area (Å²) < 4.78 is 0. The monoisotopic (exact) mass is 262 g/mol. The summed E-state index contributed by atoms with van der Waals surface area (Å²) in [6.07, 6.45) is 1.73. The van der Waals surface area contributed by atoms with E-state index in [1.54, 1.807) is 11.3 Å². The molecule has 1 heterocycles. The SMILES string of the molecule is Cc1nc(CNc2cccc(CCCO)c2)cs1. The molecule has 0 radical (unpaired) electrons. The maximum Gasteiger partial charge on any atom is 0.0898 e. The van der Waals surface area contributed by atoms with E-state index in [2.05, 4.69) is 33.9 Å². The van der Waals surface area contributed by atoms with Crippen LogP contribution >= 0.6 is 11.3 Å². The van der Waals surface area contributed by atoms with Crippen molar-refractivity contribution < 1.29 is 5.11 Å². The Hall–Kier alpha value is -1.39. The first-order valence-corrected chi connectivity index (χ1v) is 7.00. The Balaban J connectivity index is 1.92. The Morgan fingerprint density at radius 2 is 2.28 bits per heavy atom. The van der Waals surface area contributed by atoms with E-state index in [4.69, 9.17) is 5.11 Å². The molecule has 0 amide bonds. The van der Waals surface area contributed by atoms with Crippen LogP contribution in [0.5, 0.6) is 0 Å². The third-order valence-corrected chi connectivity index (χ3v) is 3.51. The van der Waals surface area contributed by atoms with Gasteiger partial charge in [-0.25, -0.2) is 4.98 Å². The highest BCUT2D eigenvalue weighted by molar-refractivity contribution is 7.09. The molecule has 0 saturated heterocycles. The highest BCUT2D eigenvalue weighted by Crippen LogP contribution is 2.14. The molecule has 0 aliphatic rings. The van der Waals surface area contributed by atoms with E-state index in [1.165, 1.54) is 5.56 Å². The van der Waals surface area contributed by atoms with Gasteiger partial charge in [0.1, 0.15) is 0 Å². The third kappa shape index (κ3) is 3.82. The van der Waals surface area contributed by atoms with Crippen molar-refractivity contribution in [3.63, 3.8) is 0 Å². The number of aryl methyl sites for hydroxylation is 2. The summed E-state index contributed by atoms with van der Waals surface area (Å²) >= 11 is 1.67. The highest BCUT2D eigenvalue weighted by Gasteiger charge is 1.99. The second-order valence-electron chi connectivity index (χ2n) is 4.24. The number of aromatic nitrogens is 1. The molecule has 2 N–H and O–H groups in total. The van der Waals surface area contributed by atoms with Crippen LogP contribution in [0, 0.1) is 6.92 Å². The van der Waals surface area contributed by atoms with Gasteiger partial charge in [-0.05, 0) is 37.5 Å². The third-order valence-electron chi connectivity index (χ3n) is 2.69. The molecule has 1 aromatic heterocycles. The number of aliphatic hydroxyl groups is 1. The summed E-state index contributed by atoms with van der Waals surface area (Å²) in [5, 5.41) is 15.4. The molecule has 1 aromatic carbocycles. The summed E-state index contributed by atoms with van der Waals surface area (Å²) in [6, 6.07) is 8.33. The van der Waals surface area contributed by atoms with E-state index in [1.807, 2.05) is 13.0 Å². The van der Waals surface area contributed by atoms with Gasteiger partial charge in [0.25, 0.3) is 0 Å². The Morgan fingerprint density at radius 1 is 1.39 bits per heavy atom.